The number of benzene rings is 1. The molecule has 2 heterocycles. The van der Waals surface area contributed by atoms with Gasteiger partial charge >= 0.3 is 0 Å². The third-order valence-corrected chi connectivity index (χ3v) is 5.92. The zero-order valence-corrected chi connectivity index (χ0v) is 18.1. The van der Waals surface area contributed by atoms with Gasteiger partial charge in [0.15, 0.2) is 5.96 Å². The van der Waals surface area contributed by atoms with Crippen LogP contribution in [0.1, 0.15) is 48.7 Å². The van der Waals surface area contributed by atoms with Gasteiger partial charge in [-0.15, -0.1) is 35.3 Å². The van der Waals surface area contributed by atoms with Gasteiger partial charge in [0.1, 0.15) is 16.4 Å². The molecule has 1 aromatic carbocycles. The quantitative estimate of drug-likeness (QED) is 0.389. The maximum atomic E-state index is 6.44. The summed E-state index contributed by atoms with van der Waals surface area (Å²) in [6, 6.07) is 8.60. The lowest BCUT2D eigenvalue weighted by Crippen LogP contribution is -2.46. The van der Waals surface area contributed by atoms with Gasteiger partial charge in [0.05, 0.1) is 12.6 Å². The lowest BCUT2D eigenvalue weighted by atomic mass is 9.86. The van der Waals surface area contributed by atoms with Crippen LogP contribution in [0.5, 0.6) is 5.75 Å². The van der Waals surface area contributed by atoms with Gasteiger partial charge in [0.25, 0.3) is 0 Å². The molecule has 1 unspecified atom stereocenters. The molecule has 0 radical (unpaired) electrons. The summed E-state index contributed by atoms with van der Waals surface area (Å²) in [6.07, 6.45) is 7.62. The van der Waals surface area contributed by atoms with E-state index in [1.165, 1.54) is 18.4 Å². The SMILES string of the molecule is CN=C(NCc1nccs1)NC1CC2(CCCC2)Oc2ccccc21.I. The Labute approximate surface area is 175 Å². The number of rotatable bonds is 3. The highest BCUT2D eigenvalue weighted by atomic mass is 127. The number of guanidine groups is 1. The number of hydrogen-bond donors (Lipinski definition) is 2. The smallest absolute Gasteiger partial charge is 0.191 e. The summed E-state index contributed by atoms with van der Waals surface area (Å²) in [5.74, 6) is 1.83. The Morgan fingerprint density at radius 1 is 1.35 bits per heavy atom. The van der Waals surface area contributed by atoms with E-state index in [1.54, 1.807) is 11.3 Å². The van der Waals surface area contributed by atoms with Gasteiger partial charge in [-0.3, -0.25) is 4.99 Å². The molecule has 1 fully saturated rings. The van der Waals surface area contributed by atoms with Crippen LogP contribution in [0, 0.1) is 0 Å². The number of para-hydroxylation sites is 1. The van der Waals surface area contributed by atoms with Crippen molar-refractivity contribution in [2.45, 2.75) is 50.3 Å². The Kier molecular flexibility index (Phi) is 6.39. The minimum atomic E-state index is -0.0137. The second kappa shape index (κ2) is 8.56. The molecule has 140 valence electrons. The maximum Gasteiger partial charge on any atom is 0.191 e. The molecule has 2 aromatic rings. The van der Waals surface area contributed by atoms with Crippen molar-refractivity contribution < 1.29 is 4.74 Å². The number of thiazole rings is 1. The zero-order chi connectivity index (χ0) is 17.1. The van der Waals surface area contributed by atoms with E-state index in [0.29, 0.717) is 6.54 Å². The first-order valence-electron chi connectivity index (χ1n) is 8.91. The highest BCUT2D eigenvalue weighted by Gasteiger charge is 2.43. The number of aliphatic imine (C=N–C) groups is 1. The molecular formula is C19H25IN4OS. The standard InChI is InChI=1S/C19H24N4OS.HI/c1-20-18(22-13-17-21-10-11-25-17)23-15-12-19(8-4-5-9-19)24-16-7-3-2-6-14(15)16;/h2-3,6-7,10-11,15H,4-5,8-9,12-13H2,1H3,(H2,20,22,23);1H. The van der Waals surface area contributed by atoms with Crippen molar-refractivity contribution in [3.05, 3.63) is 46.4 Å². The molecule has 1 saturated carbocycles. The van der Waals surface area contributed by atoms with Crippen LogP contribution in [-0.2, 0) is 6.54 Å². The van der Waals surface area contributed by atoms with E-state index in [-0.39, 0.29) is 35.6 Å². The minimum absolute atomic E-state index is 0. The van der Waals surface area contributed by atoms with Crippen molar-refractivity contribution in [2.75, 3.05) is 7.05 Å². The highest BCUT2D eigenvalue weighted by molar-refractivity contribution is 14.0. The van der Waals surface area contributed by atoms with Gasteiger partial charge in [-0.2, -0.15) is 0 Å². The molecule has 2 aliphatic rings. The normalized spacial score (nSPS) is 20.8. The zero-order valence-electron chi connectivity index (χ0n) is 14.9. The van der Waals surface area contributed by atoms with E-state index in [2.05, 4.69) is 44.9 Å². The van der Waals surface area contributed by atoms with Crippen molar-refractivity contribution in [2.24, 2.45) is 4.99 Å². The van der Waals surface area contributed by atoms with Crippen LogP contribution >= 0.6 is 35.3 Å². The van der Waals surface area contributed by atoms with E-state index in [4.69, 9.17) is 4.74 Å². The Bertz CT molecular complexity index is 744. The Morgan fingerprint density at radius 3 is 2.88 bits per heavy atom. The second-order valence-corrected chi connectivity index (χ2v) is 7.76. The van der Waals surface area contributed by atoms with Crippen LogP contribution in [0.15, 0.2) is 40.8 Å². The number of ether oxygens (including phenoxy) is 1. The molecule has 1 atom stereocenters. The van der Waals surface area contributed by atoms with Gasteiger partial charge in [-0.05, 0) is 31.7 Å². The number of halogens is 1. The van der Waals surface area contributed by atoms with E-state index < -0.39 is 0 Å². The highest BCUT2D eigenvalue weighted by Crippen LogP contribution is 2.46. The molecule has 1 spiro atoms. The largest absolute Gasteiger partial charge is 0.487 e. The summed E-state index contributed by atoms with van der Waals surface area (Å²) >= 11 is 1.65. The molecule has 0 saturated heterocycles. The van der Waals surface area contributed by atoms with Crippen LogP contribution in [0.25, 0.3) is 0 Å². The van der Waals surface area contributed by atoms with E-state index in [1.807, 2.05) is 18.6 Å². The summed E-state index contributed by atoms with van der Waals surface area (Å²) in [6.45, 7) is 0.688. The first kappa shape index (κ1) is 19.4. The molecule has 7 heteroatoms. The molecule has 2 N–H and O–H groups in total. The lowest BCUT2D eigenvalue weighted by molar-refractivity contribution is 0.0396. The monoisotopic (exact) mass is 484 g/mol. The molecule has 0 bridgehead atoms. The number of aromatic nitrogens is 1. The van der Waals surface area contributed by atoms with Crippen LogP contribution in [-0.4, -0.2) is 23.6 Å². The molecule has 4 rings (SSSR count). The van der Waals surface area contributed by atoms with Gasteiger partial charge in [-0.25, -0.2) is 4.98 Å². The van der Waals surface area contributed by atoms with Crippen molar-refractivity contribution in [3.8, 4) is 5.75 Å². The molecule has 26 heavy (non-hydrogen) atoms. The van der Waals surface area contributed by atoms with Crippen molar-refractivity contribution in [3.63, 3.8) is 0 Å². The molecular weight excluding hydrogens is 459 g/mol. The molecule has 5 nitrogen and oxygen atoms in total. The van der Waals surface area contributed by atoms with E-state index in [0.717, 1.165) is 36.0 Å². The summed E-state index contributed by atoms with van der Waals surface area (Å²) < 4.78 is 6.44. The third kappa shape index (κ3) is 4.14. The average molecular weight is 484 g/mol. The first-order valence-corrected chi connectivity index (χ1v) is 9.79. The van der Waals surface area contributed by atoms with Gasteiger partial charge < -0.3 is 15.4 Å². The lowest BCUT2D eigenvalue weighted by Gasteiger charge is -2.40. The van der Waals surface area contributed by atoms with E-state index in [9.17, 15) is 0 Å². The average Bonchev–Trinajstić information content (AvgIpc) is 3.31. The van der Waals surface area contributed by atoms with E-state index >= 15 is 0 Å². The summed E-state index contributed by atoms with van der Waals surface area (Å²) in [7, 11) is 1.81. The van der Waals surface area contributed by atoms with Gasteiger partial charge in [0.2, 0.25) is 0 Å². The molecule has 1 aliphatic heterocycles. The first-order chi connectivity index (χ1) is 12.3. The number of fused-ring (bicyclic) bond motifs is 1. The van der Waals surface area contributed by atoms with Gasteiger partial charge in [-0.1, -0.05) is 18.2 Å². The minimum Gasteiger partial charge on any atom is -0.487 e. The van der Waals surface area contributed by atoms with Gasteiger partial charge in [0, 0.05) is 30.6 Å². The fourth-order valence-corrected chi connectivity index (χ4v) is 4.49. The predicted octanol–water partition coefficient (Wildman–Crippen LogP) is 4.26. The Hall–Kier alpha value is -1.35. The Balaban J connectivity index is 0.00000196. The third-order valence-electron chi connectivity index (χ3n) is 5.14. The van der Waals surface area contributed by atoms with Crippen LogP contribution in [0.3, 0.4) is 0 Å². The fraction of sp³-hybridized carbons (Fsp3) is 0.474. The fourth-order valence-electron chi connectivity index (χ4n) is 3.93. The van der Waals surface area contributed by atoms with Crippen LogP contribution in [0.4, 0.5) is 0 Å². The molecule has 1 aromatic heterocycles. The van der Waals surface area contributed by atoms with Crippen LogP contribution < -0.4 is 15.4 Å². The Morgan fingerprint density at radius 2 is 2.15 bits per heavy atom. The number of hydrogen-bond acceptors (Lipinski definition) is 4. The summed E-state index contributed by atoms with van der Waals surface area (Å²) in [5.41, 5.74) is 1.21. The van der Waals surface area contributed by atoms with Crippen molar-refractivity contribution >= 4 is 41.3 Å². The molecule has 1 aliphatic carbocycles. The molecule has 0 amide bonds. The summed E-state index contributed by atoms with van der Waals surface area (Å²) in [4.78, 5) is 8.72. The van der Waals surface area contributed by atoms with Crippen molar-refractivity contribution in [1.29, 1.82) is 0 Å². The van der Waals surface area contributed by atoms with Crippen LogP contribution in [0.2, 0.25) is 0 Å². The predicted molar refractivity (Wildman–Crippen MR) is 116 cm³/mol. The number of nitrogens with one attached hydrogen (secondary N) is 2. The second-order valence-electron chi connectivity index (χ2n) is 6.78. The maximum absolute atomic E-state index is 6.44. The summed E-state index contributed by atoms with van der Waals surface area (Å²) in [5, 5.41) is 10.0. The number of nitrogens with zero attached hydrogens (tertiary/aromatic N) is 2. The topological polar surface area (TPSA) is 58.5 Å². The van der Waals surface area contributed by atoms with Crippen molar-refractivity contribution in [1.82, 2.24) is 15.6 Å².